The molecule has 7 heteroatoms. The van der Waals surface area contributed by atoms with Gasteiger partial charge in [-0.1, -0.05) is 11.8 Å². The molecule has 0 saturated carbocycles. The molecular formula is C27H30N2O4S. The van der Waals surface area contributed by atoms with Crippen LogP contribution in [0.4, 0.5) is 0 Å². The number of ether oxygens (including phenoxy) is 2. The molecule has 1 saturated heterocycles. The fraction of sp³-hybridized carbons (Fsp3) is 0.407. The number of esters is 1. The highest BCUT2D eigenvalue weighted by Crippen LogP contribution is 2.34. The number of aliphatic hydroxyl groups excluding tert-OH is 1. The lowest BCUT2D eigenvalue weighted by atomic mass is 9.81. The van der Waals surface area contributed by atoms with Crippen LogP contribution in [0.3, 0.4) is 0 Å². The number of carbonyl (C=O) groups is 1. The Kier molecular flexibility index (Phi) is 8.17. The molecule has 0 spiro atoms. The first-order valence-electron chi connectivity index (χ1n) is 11.5. The van der Waals surface area contributed by atoms with Crippen LogP contribution in [0.15, 0.2) is 47.3 Å². The maximum absolute atomic E-state index is 12.6. The molecule has 0 bridgehead atoms. The summed E-state index contributed by atoms with van der Waals surface area (Å²) in [5.41, 5.74) is 2.68. The third-order valence-electron chi connectivity index (χ3n) is 6.55. The van der Waals surface area contributed by atoms with Gasteiger partial charge in [-0.25, -0.2) is 0 Å². The number of methoxy groups -OCH3 is 2. The van der Waals surface area contributed by atoms with Crippen LogP contribution in [-0.4, -0.2) is 54.8 Å². The van der Waals surface area contributed by atoms with Crippen molar-refractivity contribution in [2.24, 2.45) is 11.8 Å². The lowest BCUT2D eigenvalue weighted by Crippen LogP contribution is -2.44. The molecule has 1 unspecified atom stereocenters. The summed E-state index contributed by atoms with van der Waals surface area (Å²) < 4.78 is 10.5. The molecule has 0 aliphatic carbocycles. The van der Waals surface area contributed by atoms with Crippen molar-refractivity contribution in [2.45, 2.75) is 25.4 Å². The molecule has 3 aromatic rings. The smallest absolute Gasteiger partial charge is 0.310 e. The second-order valence-electron chi connectivity index (χ2n) is 8.60. The van der Waals surface area contributed by atoms with E-state index in [-0.39, 0.29) is 17.8 Å². The van der Waals surface area contributed by atoms with E-state index >= 15 is 0 Å². The highest BCUT2D eigenvalue weighted by molar-refractivity contribution is 7.08. The Hall–Kier alpha value is -2.92. The molecule has 1 aromatic carbocycles. The number of aliphatic hydroxyl groups is 1. The second kappa shape index (κ2) is 11.5. The number of thiophene rings is 1. The molecule has 4 rings (SSSR count). The van der Waals surface area contributed by atoms with Gasteiger partial charge in [0.25, 0.3) is 0 Å². The van der Waals surface area contributed by atoms with Crippen molar-refractivity contribution in [1.29, 1.82) is 0 Å². The monoisotopic (exact) mass is 478 g/mol. The average Bonchev–Trinajstić information content (AvgIpc) is 3.40. The highest BCUT2D eigenvalue weighted by atomic mass is 32.1. The molecular weight excluding hydrogens is 448 g/mol. The van der Waals surface area contributed by atoms with E-state index in [9.17, 15) is 9.90 Å². The standard InChI is InChI=1S/C27H30N2O4S/c1-32-21-6-7-25-23(16-21)22(9-12-28-25)26(30)8-5-20-10-14-29(17-24(20)27(31)33-2)13-3-4-19-11-15-34-18-19/h6-7,9,11-12,15-16,18,20,24,26,30H,5,8,10,13-14,17H2,1-2H3/t20-,24+,26?/m1/s1. The van der Waals surface area contributed by atoms with Gasteiger partial charge >= 0.3 is 5.97 Å². The summed E-state index contributed by atoms with van der Waals surface area (Å²) in [6, 6.07) is 9.54. The Morgan fingerprint density at radius 2 is 2.21 bits per heavy atom. The summed E-state index contributed by atoms with van der Waals surface area (Å²) in [7, 11) is 3.07. The molecule has 3 atom stereocenters. The number of hydrogen-bond acceptors (Lipinski definition) is 7. The van der Waals surface area contributed by atoms with Gasteiger partial charge in [-0.3, -0.25) is 14.7 Å². The molecule has 1 aliphatic rings. The molecule has 0 radical (unpaired) electrons. The van der Waals surface area contributed by atoms with E-state index in [2.05, 4.69) is 21.7 Å². The Balaban J connectivity index is 1.40. The number of aromatic nitrogens is 1. The van der Waals surface area contributed by atoms with E-state index in [1.807, 2.05) is 41.1 Å². The van der Waals surface area contributed by atoms with Crippen molar-refractivity contribution in [3.05, 3.63) is 58.4 Å². The predicted molar refractivity (Wildman–Crippen MR) is 134 cm³/mol. The van der Waals surface area contributed by atoms with E-state index in [4.69, 9.17) is 9.47 Å². The van der Waals surface area contributed by atoms with Crippen LogP contribution in [-0.2, 0) is 9.53 Å². The normalized spacial score (nSPS) is 19.3. The van der Waals surface area contributed by atoms with Crippen molar-refractivity contribution in [1.82, 2.24) is 9.88 Å². The van der Waals surface area contributed by atoms with Crippen LogP contribution >= 0.6 is 11.3 Å². The summed E-state index contributed by atoms with van der Waals surface area (Å²) in [4.78, 5) is 19.2. The Morgan fingerprint density at radius 1 is 1.32 bits per heavy atom. The number of nitrogens with zero attached hydrogens (tertiary/aromatic N) is 2. The van der Waals surface area contributed by atoms with Gasteiger partial charge in [-0.15, -0.1) is 0 Å². The van der Waals surface area contributed by atoms with Gasteiger partial charge in [0, 0.05) is 29.1 Å². The quantitative estimate of drug-likeness (QED) is 0.404. The van der Waals surface area contributed by atoms with E-state index in [0.717, 1.165) is 47.2 Å². The molecule has 3 heterocycles. The van der Waals surface area contributed by atoms with Crippen LogP contribution in [0.2, 0.25) is 0 Å². The minimum atomic E-state index is -0.648. The van der Waals surface area contributed by atoms with Gasteiger partial charge in [0.05, 0.1) is 38.3 Å². The number of fused-ring (bicyclic) bond motifs is 1. The number of carbonyl (C=O) groups excluding carboxylic acids is 1. The number of rotatable bonds is 7. The van der Waals surface area contributed by atoms with Crippen LogP contribution in [0, 0.1) is 23.7 Å². The Bertz CT molecular complexity index is 1170. The average molecular weight is 479 g/mol. The topological polar surface area (TPSA) is 71.9 Å². The van der Waals surface area contributed by atoms with Gasteiger partial charge in [-0.05, 0) is 73.0 Å². The molecule has 1 fully saturated rings. The summed E-state index contributed by atoms with van der Waals surface area (Å²) in [6.07, 6.45) is 3.25. The van der Waals surface area contributed by atoms with Gasteiger partial charge < -0.3 is 14.6 Å². The minimum Gasteiger partial charge on any atom is -0.497 e. The number of benzene rings is 1. The van der Waals surface area contributed by atoms with E-state index in [0.29, 0.717) is 19.5 Å². The maximum atomic E-state index is 12.6. The first-order valence-corrected chi connectivity index (χ1v) is 12.4. The first kappa shape index (κ1) is 24.2. The number of hydrogen-bond donors (Lipinski definition) is 1. The first-order chi connectivity index (χ1) is 16.6. The van der Waals surface area contributed by atoms with E-state index < -0.39 is 6.10 Å². The van der Waals surface area contributed by atoms with E-state index in [1.54, 1.807) is 24.6 Å². The lowest BCUT2D eigenvalue weighted by molar-refractivity contribution is -0.150. The van der Waals surface area contributed by atoms with Crippen molar-refractivity contribution < 1.29 is 19.4 Å². The van der Waals surface area contributed by atoms with Gasteiger partial charge in [0.1, 0.15) is 5.75 Å². The molecule has 34 heavy (non-hydrogen) atoms. The van der Waals surface area contributed by atoms with E-state index in [1.165, 1.54) is 7.11 Å². The molecule has 1 aliphatic heterocycles. The van der Waals surface area contributed by atoms with Crippen molar-refractivity contribution in [3.63, 3.8) is 0 Å². The zero-order valence-electron chi connectivity index (χ0n) is 19.6. The van der Waals surface area contributed by atoms with Crippen molar-refractivity contribution in [3.8, 4) is 17.6 Å². The molecule has 2 aromatic heterocycles. The summed E-state index contributed by atoms with van der Waals surface area (Å²) in [5, 5.41) is 16.0. The number of piperidine rings is 1. The highest BCUT2D eigenvalue weighted by Gasteiger charge is 2.35. The predicted octanol–water partition coefficient (Wildman–Crippen LogP) is 4.28. The summed E-state index contributed by atoms with van der Waals surface area (Å²) in [6.45, 7) is 2.13. The zero-order chi connectivity index (χ0) is 23.9. The zero-order valence-corrected chi connectivity index (χ0v) is 20.4. The van der Waals surface area contributed by atoms with Gasteiger partial charge in [0.2, 0.25) is 0 Å². The van der Waals surface area contributed by atoms with Crippen LogP contribution < -0.4 is 4.74 Å². The number of likely N-dealkylation sites (tertiary alicyclic amines) is 1. The Labute approximate surface area is 204 Å². The molecule has 0 amide bonds. The lowest BCUT2D eigenvalue weighted by Gasteiger charge is -2.36. The fourth-order valence-corrected chi connectivity index (χ4v) is 5.24. The van der Waals surface area contributed by atoms with Crippen molar-refractivity contribution >= 4 is 28.2 Å². The Morgan fingerprint density at radius 3 is 2.97 bits per heavy atom. The minimum absolute atomic E-state index is 0.158. The molecule has 178 valence electrons. The maximum Gasteiger partial charge on any atom is 0.310 e. The van der Waals surface area contributed by atoms with Crippen LogP contribution in [0.1, 0.15) is 36.5 Å². The summed E-state index contributed by atoms with van der Waals surface area (Å²) in [5.74, 6) is 6.88. The molecule has 1 N–H and O–H groups in total. The third-order valence-corrected chi connectivity index (χ3v) is 7.24. The molecule has 6 nitrogen and oxygen atoms in total. The SMILES string of the molecule is COC(=O)[C@H]1CN(CC#Cc2ccsc2)CC[C@H]1CCC(O)c1ccnc2ccc(OC)cc12. The summed E-state index contributed by atoms with van der Waals surface area (Å²) >= 11 is 1.63. The van der Waals surface area contributed by atoms with Crippen LogP contribution in [0.5, 0.6) is 5.75 Å². The largest absolute Gasteiger partial charge is 0.497 e. The third kappa shape index (κ3) is 5.76. The van der Waals surface area contributed by atoms with Gasteiger partial charge in [0.15, 0.2) is 0 Å². The van der Waals surface area contributed by atoms with Crippen LogP contribution in [0.25, 0.3) is 10.9 Å². The van der Waals surface area contributed by atoms with Crippen molar-refractivity contribution in [2.75, 3.05) is 33.9 Å². The van der Waals surface area contributed by atoms with Gasteiger partial charge in [-0.2, -0.15) is 11.3 Å². The fourth-order valence-electron chi connectivity index (χ4n) is 4.66. The second-order valence-corrected chi connectivity index (χ2v) is 9.38. The number of pyridine rings is 1.